The molecule has 0 saturated heterocycles. The summed E-state index contributed by atoms with van der Waals surface area (Å²) in [6, 6.07) is 6.22. The summed E-state index contributed by atoms with van der Waals surface area (Å²) in [4.78, 5) is 12.2. The third kappa shape index (κ3) is 4.01. The number of hydrogen-bond acceptors (Lipinski definition) is 3. The minimum atomic E-state index is -3.31. The van der Waals surface area contributed by atoms with Crippen LogP contribution in [0.25, 0.3) is 0 Å². The molecule has 2 aromatic carbocycles. The Labute approximate surface area is 142 Å². The lowest BCUT2D eigenvalue weighted by Gasteiger charge is -2.09. The van der Waals surface area contributed by atoms with Gasteiger partial charge in [0.1, 0.15) is 5.82 Å². The predicted octanol–water partition coefficient (Wildman–Crippen LogP) is 3.43. The Kier molecular flexibility index (Phi) is 4.55. The maximum Gasteiger partial charge on any atom is 0.258 e. The van der Waals surface area contributed by atoms with Crippen molar-refractivity contribution in [1.29, 1.82) is 0 Å². The molecule has 2 aromatic rings. The van der Waals surface area contributed by atoms with Crippen LogP contribution in [0.1, 0.15) is 28.8 Å². The number of hydrogen-bond donors (Lipinski definition) is 1. The molecule has 0 heterocycles. The highest BCUT2D eigenvalue weighted by atomic mass is 32.2. The van der Waals surface area contributed by atoms with Crippen molar-refractivity contribution in [2.75, 3.05) is 5.32 Å². The van der Waals surface area contributed by atoms with Crippen LogP contribution in [0.15, 0.2) is 36.4 Å². The van der Waals surface area contributed by atoms with Crippen molar-refractivity contribution >= 4 is 21.4 Å². The van der Waals surface area contributed by atoms with Crippen LogP contribution in [0.5, 0.6) is 0 Å². The first-order valence-corrected chi connectivity index (χ1v) is 9.24. The molecule has 8 heteroatoms. The summed E-state index contributed by atoms with van der Waals surface area (Å²) >= 11 is 0. The van der Waals surface area contributed by atoms with Crippen LogP contribution in [0.3, 0.4) is 0 Å². The first-order valence-electron chi connectivity index (χ1n) is 7.52. The van der Waals surface area contributed by atoms with Crippen LogP contribution in [0.2, 0.25) is 0 Å². The van der Waals surface area contributed by atoms with Gasteiger partial charge in [-0.05, 0) is 42.7 Å². The number of amides is 1. The highest BCUT2D eigenvalue weighted by Crippen LogP contribution is 2.31. The maximum atomic E-state index is 13.9. The fourth-order valence-electron chi connectivity index (χ4n) is 2.39. The van der Waals surface area contributed by atoms with E-state index in [0.717, 1.165) is 30.3 Å². The van der Waals surface area contributed by atoms with E-state index in [0.29, 0.717) is 18.4 Å². The number of halogens is 3. The van der Waals surface area contributed by atoms with Gasteiger partial charge in [-0.15, -0.1) is 0 Å². The van der Waals surface area contributed by atoms with Gasteiger partial charge in [-0.1, -0.05) is 6.07 Å². The van der Waals surface area contributed by atoms with Gasteiger partial charge < -0.3 is 5.32 Å². The molecule has 25 heavy (non-hydrogen) atoms. The topological polar surface area (TPSA) is 63.2 Å². The summed E-state index contributed by atoms with van der Waals surface area (Å²) < 4.78 is 64.0. The summed E-state index contributed by atoms with van der Waals surface area (Å²) in [5, 5.41) is 1.89. The van der Waals surface area contributed by atoms with E-state index in [4.69, 9.17) is 0 Å². The lowest BCUT2D eigenvalue weighted by Crippen LogP contribution is -2.15. The third-order valence-corrected chi connectivity index (χ3v) is 6.08. The Balaban J connectivity index is 1.81. The Hall–Kier alpha value is -2.35. The zero-order chi connectivity index (χ0) is 18.2. The molecule has 1 aliphatic carbocycles. The molecule has 1 saturated carbocycles. The lowest BCUT2D eigenvalue weighted by atomic mass is 10.1. The average molecular weight is 369 g/mol. The van der Waals surface area contributed by atoms with Crippen molar-refractivity contribution in [2.24, 2.45) is 0 Å². The van der Waals surface area contributed by atoms with Crippen molar-refractivity contribution < 1.29 is 26.4 Å². The van der Waals surface area contributed by atoms with Crippen molar-refractivity contribution in [3.8, 4) is 0 Å². The fourth-order valence-corrected chi connectivity index (χ4v) is 4.12. The van der Waals surface area contributed by atoms with Crippen LogP contribution >= 0.6 is 0 Å². The lowest BCUT2D eigenvalue weighted by molar-refractivity contribution is 0.102. The van der Waals surface area contributed by atoms with Gasteiger partial charge in [0, 0.05) is 11.8 Å². The number of anilines is 1. The van der Waals surface area contributed by atoms with Gasteiger partial charge in [-0.3, -0.25) is 4.79 Å². The number of rotatable bonds is 5. The molecule has 0 unspecified atom stereocenters. The first-order chi connectivity index (χ1) is 11.8. The van der Waals surface area contributed by atoms with E-state index in [1.165, 1.54) is 6.07 Å². The fraction of sp³-hybridized carbons (Fsp3) is 0.235. The maximum absolute atomic E-state index is 13.9. The zero-order valence-corrected chi connectivity index (χ0v) is 13.7. The first kappa shape index (κ1) is 17.5. The van der Waals surface area contributed by atoms with Crippen LogP contribution in [0.4, 0.5) is 18.9 Å². The number of sulfone groups is 1. The summed E-state index contributed by atoms with van der Waals surface area (Å²) in [6.07, 6.45) is 1.24. The standard InChI is InChI=1S/C17H14F3NO3S/c18-14-5-1-10(9-25(23,24)12-3-4-12)7-13(14)17(22)21-11-2-6-15(19)16(20)8-11/h1-2,5-8,12H,3-4,9H2,(H,21,22). The Bertz CT molecular complexity index is 940. The second kappa shape index (κ2) is 6.51. The molecular formula is C17H14F3NO3S. The number of benzene rings is 2. The third-order valence-electron chi connectivity index (χ3n) is 3.85. The summed E-state index contributed by atoms with van der Waals surface area (Å²) in [5.41, 5.74) is -0.115. The minimum absolute atomic E-state index is 0.0423. The normalized spacial score (nSPS) is 14.4. The zero-order valence-electron chi connectivity index (χ0n) is 12.9. The molecule has 1 N–H and O–H groups in total. The molecule has 132 valence electrons. The van der Waals surface area contributed by atoms with Crippen LogP contribution in [-0.2, 0) is 15.6 Å². The quantitative estimate of drug-likeness (QED) is 0.878. The van der Waals surface area contributed by atoms with E-state index in [-0.39, 0.29) is 22.3 Å². The van der Waals surface area contributed by atoms with Gasteiger partial charge in [0.05, 0.1) is 16.6 Å². The van der Waals surface area contributed by atoms with Crippen LogP contribution in [-0.4, -0.2) is 19.6 Å². The smallest absolute Gasteiger partial charge is 0.258 e. The monoisotopic (exact) mass is 369 g/mol. The van der Waals surface area contributed by atoms with Gasteiger partial charge in [0.15, 0.2) is 21.5 Å². The van der Waals surface area contributed by atoms with E-state index in [2.05, 4.69) is 5.32 Å². The van der Waals surface area contributed by atoms with E-state index >= 15 is 0 Å². The Morgan fingerprint density at radius 1 is 1.00 bits per heavy atom. The second-order valence-corrected chi connectivity index (χ2v) is 8.18. The van der Waals surface area contributed by atoms with E-state index in [1.807, 2.05) is 0 Å². The number of carbonyl (C=O) groups is 1. The Morgan fingerprint density at radius 2 is 1.68 bits per heavy atom. The molecule has 1 amide bonds. The van der Waals surface area contributed by atoms with Gasteiger partial charge in [0.2, 0.25) is 0 Å². The van der Waals surface area contributed by atoms with Crippen molar-refractivity contribution in [3.05, 3.63) is 65.0 Å². The number of carbonyl (C=O) groups excluding carboxylic acids is 1. The molecule has 1 fully saturated rings. The van der Waals surface area contributed by atoms with Crippen molar-refractivity contribution in [3.63, 3.8) is 0 Å². The second-order valence-electron chi connectivity index (χ2n) is 5.90. The van der Waals surface area contributed by atoms with Crippen LogP contribution in [0, 0.1) is 17.5 Å². The van der Waals surface area contributed by atoms with E-state index in [9.17, 15) is 26.4 Å². The molecule has 0 atom stereocenters. The summed E-state index contributed by atoms with van der Waals surface area (Å²) in [5.74, 6) is -4.22. The molecule has 0 aliphatic heterocycles. The van der Waals surface area contributed by atoms with E-state index < -0.39 is 33.2 Å². The summed E-state index contributed by atoms with van der Waals surface area (Å²) in [6.45, 7) is 0. The van der Waals surface area contributed by atoms with Crippen LogP contribution < -0.4 is 5.32 Å². The highest BCUT2D eigenvalue weighted by molar-refractivity contribution is 7.91. The SMILES string of the molecule is O=C(Nc1ccc(F)c(F)c1)c1cc(CS(=O)(=O)C2CC2)ccc1F. The highest BCUT2D eigenvalue weighted by Gasteiger charge is 2.35. The molecule has 0 aromatic heterocycles. The largest absolute Gasteiger partial charge is 0.322 e. The molecule has 4 nitrogen and oxygen atoms in total. The van der Waals surface area contributed by atoms with Gasteiger partial charge in [-0.2, -0.15) is 0 Å². The van der Waals surface area contributed by atoms with Crippen molar-refractivity contribution in [2.45, 2.75) is 23.8 Å². The molecule has 1 aliphatic rings. The predicted molar refractivity (Wildman–Crippen MR) is 86.4 cm³/mol. The molecule has 0 bridgehead atoms. The molecular weight excluding hydrogens is 355 g/mol. The average Bonchev–Trinajstić information content (AvgIpc) is 3.38. The molecule has 3 rings (SSSR count). The van der Waals surface area contributed by atoms with Gasteiger partial charge in [0.25, 0.3) is 5.91 Å². The minimum Gasteiger partial charge on any atom is -0.322 e. The molecule has 0 radical (unpaired) electrons. The van der Waals surface area contributed by atoms with Crippen molar-refractivity contribution in [1.82, 2.24) is 0 Å². The summed E-state index contributed by atoms with van der Waals surface area (Å²) in [7, 11) is -3.31. The van der Waals surface area contributed by atoms with Gasteiger partial charge >= 0.3 is 0 Å². The molecule has 0 spiro atoms. The number of nitrogens with one attached hydrogen (secondary N) is 1. The van der Waals surface area contributed by atoms with Gasteiger partial charge in [-0.25, -0.2) is 21.6 Å². The Morgan fingerprint density at radius 3 is 2.32 bits per heavy atom. The van der Waals surface area contributed by atoms with E-state index in [1.54, 1.807) is 0 Å².